The molecular formula is C28H38N2O7. The molecule has 2 amide bonds. The van der Waals surface area contributed by atoms with Crippen molar-refractivity contribution < 1.29 is 34.1 Å². The topological polar surface area (TPSA) is 125 Å². The van der Waals surface area contributed by atoms with Gasteiger partial charge in [-0.05, 0) is 37.5 Å². The lowest BCUT2D eigenvalue weighted by Crippen LogP contribution is -2.58. The lowest BCUT2D eigenvalue weighted by molar-refractivity contribution is -0.141. The van der Waals surface area contributed by atoms with E-state index in [-0.39, 0.29) is 25.1 Å². The molecule has 1 aliphatic heterocycles. The Morgan fingerprint density at radius 2 is 2.00 bits per heavy atom. The number of carbonyl (C=O) groups is 3. The number of hydrogen-bond acceptors (Lipinski definition) is 7. The summed E-state index contributed by atoms with van der Waals surface area (Å²) in [6.07, 6.45) is 7.32. The maximum atomic E-state index is 13.5. The zero-order valence-corrected chi connectivity index (χ0v) is 21.7. The van der Waals surface area contributed by atoms with Crippen molar-refractivity contribution in [3.63, 3.8) is 0 Å². The minimum Gasteiger partial charge on any atom is -0.493 e. The Morgan fingerprint density at radius 3 is 2.65 bits per heavy atom. The monoisotopic (exact) mass is 514 g/mol. The van der Waals surface area contributed by atoms with Crippen LogP contribution in [0.5, 0.6) is 11.5 Å². The van der Waals surface area contributed by atoms with Gasteiger partial charge in [0.25, 0.3) is 0 Å². The molecule has 9 heteroatoms. The van der Waals surface area contributed by atoms with E-state index < -0.39 is 30.1 Å². The van der Waals surface area contributed by atoms with Crippen molar-refractivity contribution in [3.8, 4) is 11.5 Å². The van der Waals surface area contributed by atoms with Crippen LogP contribution in [0.2, 0.25) is 0 Å². The molecule has 1 aromatic rings. The average Bonchev–Trinajstić information content (AvgIpc) is 3.32. The Hall–Kier alpha value is -2.91. The van der Waals surface area contributed by atoms with E-state index in [2.05, 4.69) is 5.32 Å². The highest BCUT2D eigenvalue weighted by atomic mass is 16.5. The van der Waals surface area contributed by atoms with Gasteiger partial charge in [0.1, 0.15) is 18.5 Å². The highest BCUT2D eigenvalue weighted by Gasteiger charge is 2.52. The highest BCUT2D eigenvalue weighted by molar-refractivity contribution is 5.96. The van der Waals surface area contributed by atoms with E-state index in [0.29, 0.717) is 40.9 Å². The molecule has 3 N–H and O–H groups in total. The lowest BCUT2D eigenvalue weighted by atomic mass is 9.76. The summed E-state index contributed by atoms with van der Waals surface area (Å²) in [6, 6.07) is 2.45. The molecule has 0 aromatic heterocycles. The predicted octanol–water partition coefficient (Wildman–Crippen LogP) is 2.48. The second-order valence-corrected chi connectivity index (χ2v) is 10.1. The van der Waals surface area contributed by atoms with Crippen molar-refractivity contribution in [3.05, 3.63) is 34.9 Å². The SMILES string of the molecule is CCCCC(=O)N(C1CCCCC1)C1C=C(C(=O)NCCO)C2c3cc(C=O)cc(OC)c3OC2C1O. The van der Waals surface area contributed by atoms with Crippen molar-refractivity contribution in [1.29, 1.82) is 0 Å². The van der Waals surface area contributed by atoms with Gasteiger partial charge in [-0.25, -0.2) is 0 Å². The fourth-order valence-electron chi connectivity index (χ4n) is 5.96. The van der Waals surface area contributed by atoms with Crippen LogP contribution >= 0.6 is 0 Å². The molecule has 1 saturated carbocycles. The molecule has 0 bridgehead atoms. The molecule has 1 aromatic carbocycles. The van der Waals surface area contributed by atoms with Gasteiger partial charge in [0.05, 0.1) is 25.7 Å². The summed E-state index contributed by atoms with van der Waals surface area (Å²) >= 11 is 0. The molecule has 4 unspecified atom stereocenters. The summed E-state index contributed by atoms with van der Waals surface area (Å²) in [6.45, 7) is 1.87. The van der Waals surface area contributed by atoms with Gasteiger partial charge in [0.2, 0.25) is 11.8 Å². The van der Waals surface area contributed by atoms with Gasteiger partial charge >= 0.3 is 0 Å². The third-order valence-corrected chi connectivity index (χ3v) is 7.73. The smallest absolute Gasteiger partial charge is 0.247 e. The predicted molar refractivity (Wildman–Crippen MR) is 137 cm³/mol. The van der Waals surface area contributed by atoms with Crippen molar-refractivity contribution in [2.24, 2.45) is 0 Å². The van der Waals surface area contributed by atoms with Gasteiger partial charge in [-0.2, -0.15) is 0 Å². The quantitative estimate of drug-likeness (QED) is 0.410. The van der Waals surface area contributed by atoms with Crippen LogP contribution in [0.4, 0.5) is 0 Å². The number of aldehydes is 1. The molecule has 4 rings (SSSR count). The van der Waals surface area contributed by atoms with E-state index in [0.717, 1.165) is 44.9 Å². The number of hydrogen-bond donors (Lipinski definition) is 3. The van der Waals surface area contributed by atoms with E-state index in [1.165, 1.54) is 7.11 Å². The molecule has 4 atom stereocenters. The largest absolute Gasteiger partial charge is 0.493 e. The van der Waals surface area contributed by atoms with Crippen molar-refractivity contribution in [2.45, 2.75) is 88.5 Å². The number of aliphatic hydroxyl groups excluding tert-OH is 2. The minimum absolute atomic E-state index is 0.0210. The number of rotatable bonds is 10. The zero-order valence-electron chi connectivity index (χ0n) is 21.7. The molecule has 9 nitrogen and oxygen atoms in total. The summed E-state index contributed by atoms with van der Waals surface area (Å²) in [5, 5.41) is 23.7. The number of ether oxygens (including phenoxy) is 2. The summed E-state index contributed by atoms with van der Waals surface area (Å²) in [7, 11) is 1.47. The number of benzene rings is 1. The number of unbranched alkanes of at least 4 members (excludes halogenated alkanes) is 1. The first kappa shape index (κ1) is 27.1. The van der Waals surface area contributed by atoms with Crippen LogP contribution in [0.3, 0.4) is 0 Å². The number of fused-ring (bicyclic) bond motifs is 3. The Balaban J connectivity index is 1.80. The number of amides is 2. The molecule has 1 fully saturated rings. The minimum atomic E-state index is -1.09. The van der Waals surface area contributed by atoms with Crippen LogP contribution in [0, 0.1) is 0 Å². The second-order valence-electron chi connectivity index (χ2n) is 10.1. The van der Waals surface area contributed by atoms with E-state index >= 15 is 0 Å². The van der Waals surface area contributed by atoms with Crippen LogP contribution < -0.4 is 14.8 Å². The van der Waals surface area contributed by atoms with Crippen LogP contribution in [-0.4, -0.2) is 77.8 Å². The van der Waals surface area contributed by atoms with Gasteiger partial charge < -0.3 is 29.9 Å². The summed E-state index contributed by atoms with van der Waals surface area (Å²) in [5.74, 6) is -0.370. The number of aliphatic hydroxyl groups is 2. The van der Waals surface area contributed by atoms with Crippen molar-refractivity contribution >= 4 is 18.1 Å². The summed E-state index contributed by atoms with van der Waals surface area (Å²) in [5.41, 5.74) is 1.29. The van der Waals surface area contributed by atoms with E-state index in [1.54, 1.807) is 23.1 Å². The summed E-state index contributed by atoms with van der Waals surface area (Å²) < 4.78 is 11.7. The van der Waals surface area contributed by atoms with Crippen LogP contribution in [-0.2, 0) is 9.59 Å². The van der Waals surface area contributed by atoms with Crippen molar-refractivity contribution in [1.82, 2.24) is 10.2 Å². The number of nitrogens with zero attached hydrogens (tertiary/aromatic N) is 1. The third-order valence-electron chi connectivity index (χ3n) is 7.73. The second kappa shape index (κ2) is 12.1. The molecule has 0 spiro atoms. The Morgan fingerprint density at radius 1 is 1.24 bits per heavy atom. The van der Waals surface area contributed by atoms with Crippen LogP contribution in [0.1, 0.15) is 80.1 Å². The van der Waals surface area contributed by atoms with Crippen LogP contribution in [0.25, 0.3) is 0 Å². The third kappa shape index (κ3) is 5.38. The molecule has 1 heterocycles. The fraction of sp³-hybridized carbons (Fsp3) is 0.607. The molecule has 0 saturated heterocycles. The first-order valence-corrected chi connectivity index (χ1v) is 13.4. The number of carbonyl (C=O) groups excluding carboxylic acids is 3. The lowest BCUT2D eigenvalue weighted by Gasteiger charge is -2.45. The molecule has 37 heavy (non-hydrogen) atoms. The number of nitrogens with one attached hydrogen (secondary N) is 1. The normalized spacial score (nSPS) is 24.8. The van der Waals surface area contributed by atoms with Crippen molar-refractivity contribution in [2.75, 3.05) is 20.3 Å². The first-order chi connectivity index (χ1) is 17.9. The Kier molecular flexibility index (Phi) is 8.87. The summed E-state index contributed by atoms with van der Waals surface area (Å²) in [4.78, 5) is 40.3. The Labute approximate surface area is 217 Å². The molecule has 0 radical (unpaired) electrons. The van der Waals surface area contributed by atoms with Gasteiger partial charge in [-0.3, -0.25) is 14.4 Å². The van der Waals surface area contributed by atoms with Gasteiger partial charge in [-0.1, -0.05) is 32.6 Å². The van der Waals surface area contributed by atoms with E-state index in [9.17, 15) is 24.6 Å². The maximum Gasteiger partial charge on any atom is 0.247 e. The van der Waals surface area contributed by atoms with Gasteiger partial charge in [0, 0.05) is 35.7 Å². The number of methoxy groups -OCH3 is 1. The zero-order chi connectivity index (χ0) is 26.5. The van der Waals surface area contributed by atoms with Crippen LogP contribution in [0.15, 0.2) is 23.8 Å². The molecule has 3 aliphatic rings. The van der Waals surface area contributed by atoms with E-state index in [4.69, 9.17) is 9.47 Å². The van der Waals surface area contributed by atoms with Gasteiger partial charge in [-0.15, -0.1) is 0 Å². The standard InChI is InChI=1S/C28H38N2O7/c1-3-4-10-23(33)30(18-8-6-5-7-9-18)21-15-20(28(35)29-11-12-31)24-19-13-17(16-32)14-22(36-2)26(19)37-27(24)25(21)34/h13-16,18,21,24-25,27,31,34H,3-12H2,1-2H3,(H,29,35). The fourth-order valence-corrected chi connectivity index (χ4v) is 5.96. The highest BCUT2D eigenvalue weighted by Crippen LogP contribution is 2.51. The average molecular weight is 515 g/mol. The Bertz CT molecular complexity index is 1030. The molecule has 202 valence electrons. The molecular weight excluding hydrogens is 476 g/mol. The first-order valence-electron chi connectivity index (χ1n) is 13.4. The maximum absolute atomic E-state index is 13.5. The van der Waals surface area contributed by atoms with Gasteiger partial charge in [0.15, 0.2) is 11.5 Å². The molecule has 2 aliphatic carbocycles. The van der Waals surface area contributed by atoms with E-state index in [1.807, 2.05) is 6.92 Å².